The monoisotopic (exact) mass is 536 g/mol. The Labute approximate surface area is 230 Å². The number of rotatable bonds is 13. The molecule has 1 heterocycles. The Morgan fingerprint density at radius 2 is 1.82 bits per heavy atom. The van der Waals surface area contributed by atoms with Crippen LogP contribution in [-0.2, 0) is 25.7 Å². The van der Waals surface area contributed by atoms with Gasteiger partial charge >= 0.3 is 5.97 Å². The van der Waals surface area contributed by atoms with Gasteiger partial charge in [0.1, 0.15) is 0 Å². The van der Waals surface area contributed by atoms with Crippen LogP contribution >= 0.6 is 0 Å². The molecule has 3 unspecified atom stereocenters. The molecule has 4 rings (SSSR count). The molecule has 210 valence electrons. The number of hydrogen-bond acceptors (Lipinski definition) is 6. The van der Waals surface area contributed by atoms with Gasteiger partial charge in [0.05, 0.1) is 18.8 Å². The van der Waals surface area contributed by atoms with Gasteiger partial charge < -0.3 is 25.0 Å². The van der Waals surface area contributed by atoms with Gasteiger partial charge in [-0.2, -0.15) is 0 Å². The zero-order chi connectivity index (χ0) is 27.6. The second-order valence-electron chi connectivity index (χ2n) is 10.5. The van der Waals surface area contributed by atoms with Crippen molar-refractivity contribution in [3.8, 4) is 0 Å². The van der Waals surface area contributed by atoms with Gasteiger partial charge in [-0.05, 0) is 42.5 Å². The summed E-state index contributed by atoms with van der Waals surface area (Å²) in [5.74, 6) is -1.14. The number of benzene rings is 2. The van der Waals surface area contributed by atoms with E-state index in [-0.39, 0.29) is 44.0 Å². The molecule has 3 N–H and O–H groups in total. The number of carbonyl (C=O) groups is 2. The summed E-state index contributed by atoms with van der Waals surface area (Å²) in [7, 11) is 0. The van der Waals surface area contributed by atoms with Gasteiger partial charge in [-0.3, -0.25) is 14.5 Å². The molecule has 0 radical (unpaired) electrons. The number of aliphatic carboxylic acids is 1. The average molecular weight is 537 g/mol. The maximum absolute atomic E-state index is 12.3. The fraction of sp³-hybridized carbons (Fsp3) is 0.484. The summed E-state index contributed by atoms with van der Waals surface area (Å²) in [6.07, 6.45) is 7.07. The smallest absolute Gasteiger partial charge is 0.303 e. The maximum atomic E-state index is 12.3. The molecule has 1 saturated heterocycles. The van der Waals surface area contributed by atoms with E-state index >= 15 is 0 Å². The third-order valence-corrected chi connectivity index (χ3v) is 7.49. The van der Waals surface area contributed by atoms with E-state index in [1.165, 1.54) is 25.7 Å². The van der Waals surface area contributed by atoms with Gasteiger partial charge in [0.2, 0.25) is 5.91 Å². The Morgan fingerprint density at radius 1 is 1.05 bits per heavy atom. The Kier molecular flexibility index (Phi) is 10.7. The van der Waals surface area contributed by atoms with E-state index in [1.54, 1.807) is 6.07 Å². The van der Waals surface area contributed by atoms with E-state index < -0.39 is 12.3 Å². The highest BCUT2D eigenvalue weighted by molar-refractivity contribution is 5.90. The van der Waals surface area contributed by atoms with Crippen molar-refractivity contribution >= 4 is 17.6 Å². The van der Waals surface area contributed by atoms with Gasteiger partial charge in [0, 0.05) is 49.6 Å². The minimum absolute atomic E-state index is 0.00706. The van der Waals surface area contributed by atoms with Crippen molar-refractivity contribution in [1.29, 1.82) is 0 Å². The molecular weight excluding hydrogens is 496 g/mol. The summed E-state index contributed by atoms with van der Waals surface area (Å²) < 4.78 is 13.0. The average Bonchev–Trinajstić information content (AvgIpc) is 3.48. The zero-order valence-electron chi connectivity index (χ0n) is 22.5. The van der Waals surface area contributed by atoms with Crippen LogP contribution in [0.5, 0.6) is 0 Å². The van der Waals surface area contributed by atoms with Gasteiger partial charge in [0.15, 0.2) is 6.29 Å². The Morgan fingerprint density at radius 3 is 2.51 bits per heavy atom. The fourth-order valence-corrected chi connectivity index (χ4v) is 5.49. The van der Waals surface area contributed by atoms with Crippen LogP contribution in [0.1, 0.15) is 80.5 Å². The van der Waals surface area contributed by atoms with Crippen LogP contribution in [-0.4, -0.2) is 52.2 Å². The first-order chi connectivity index (χ1) is 18.9. The summed E-state index contributed by atoms with van der Waals surface area (Å²) in [6, 6.07) is 15.8. The van der Waals surface area contributed by atoms with Gasteiger partial charge in [-0.15, -0.1) is 6.58 Å². The van der Waals surface area contributed by atoms with E-state index in [9.17, 15) is 14.7 Å². The van der Waals surface area contributed by atoms with Gasteiger partial charge in [-0.1, -0.05) is 55.3 Å². The van der Waals surface area contributed by atoms with E-state index in [0.717, 1.165) is 29.8 Å². The Bertz CT molecular complexity index is 1100. The second kappa shape index (κ2) is 14.4. The summed E-state index contributed by atoms with van der Waals surface area (Å²) in [4.78, 5) is 25.6. The second-order valence-corrected chi connectivity index (χ2v) is 10.5. The van der Waals surface area contributed by atoms with Crippen molar-refractivity contribution in [3.63, 3.8) is 0 Å². The van der Waals surface area contributed by atoms with E-state index in [4.69, 9.17) is 14.6 Å². The molecule has 2 fully saturated rings. The highest BCUT2D eigenvalue weighted by Gasteiger charge is 2.34. The van der Waals surface area contributed by atoms with Gasteiger partial charge in [-0.25, -0.2) is 0 Å². The number of aliphatic hydroxyl groups excluding tert-OH is 1. The lowest BCUT2D eigenvalue weighted by Crippen LogP contribution is -2.43. The number of carboxylic acids is 1. The number of anilines is 1. The molecule has 1 aliphatic heterocycles. The first kappa shape index (κ1) is 29.0. The highest BCUT2D eigenvalue weighted by atomic mass is 16.7. The van der Waals surface area contributed by atoms with Crippen LogP contribution in [0.2, 0.25) is 0 Å². The van der Waals surface area contributed by atoms with Crippen molar-refractivity contribution in [2.24, 2.45) is 0 Å². The van der Waals surface area contributed by atoms with Crippen LogP contribution < -0.4 is 5.32 Å². The minimum Gasteiger partial charge on any atom is -0.481 e. The number of carboxylic acid groups (broad SMARTS) is 1. The number of hydrogen-bond donors (Lipinski definition) is 3. The first-order valence-electron chi connectivity index (χ1n) is 13.9. The predicted octanol–water partition coefficient (Wildman–Crippen LogP) is 5.35. The molecule has 39 heavy (non-hydrogen) atoms. The number of aliphatic hydroxyl groups is 1. The zero-order valence-corrected chi connectivity index (χ0v) is 22.5. The Balaban J connectivity index is 1.51. The lowest BCUT2D eigenvalue weighted by molar-refractivity contribution is -0.253. The van der Waals surface area contributed by atoms with Crippen molar-refractivity contribution in [1.82, 2.24) is 4.90 Å². The lowest BCUT2D eigenvalue weighted by atomic mass is 9.99. The van der Waals surface area contributed by atoms with Gasteiger partial charge in [0.25, 0.3) is 0 Å². The van der Waals surface area contributed by atoms with E-state index in [0.29, 0.717) is 18.2 Å². The molecule has 1 saturated carbocycles. The van der Waals surface area contributed by atoms with Crippen LogP contribution in [0.25, 0.3) is 0 Å². The highest BCUT2D eigenvalue weighted by Crippen LogP contribution is 2.39. The molecule has 1 amide bonds. The van der Waals surface area contributed by atoms with E-state index in [2.05, 4.69) is 16.8 Å². The third kappa shape index (κ3) is 8.47. The molecule has 2 aromatic rings. The number of amides is 1. The van der Waals surface area contributed by atoms with Crippen LogP contribution in [0.15, 0.2) is 61.2 Å². The molecule has 3 atom stereocenters. The number of nitrogens with zero attached hydrogens (tertiary/aromatic N) is 1. The maximum Gasteiger partial charge on any atom is 0.303 e. The predicted molar refractivity (Wildman–Crippen MR) is 149 cm³/mol. The van der Waals surface area contributed by atoms with Crippen molar-refractivity contribution in [2.45, 2.75) is 82.5 Å². The lowest BCUT2D eigenvalue weighted by Gasteiger charge is -2.39. The minimum atomic E-state index is -0.911. The van der Waals surface area contributed by atoms with Crippen LogP contribution in [0.3, 0.4) is 0 Å². The Hall–Kier alpha value is -3.04. The molecule has 0 bridgehead atoms. The van der Waals surface area contributed by atoms with E-state index in [1.807, 2.05) is 48.5 Å². The summed E-state index contributed by atoms with van der Waals surface area (Å²) in [6.45, 7) is 5.56. The molecule has 0 spiro atoms. The van der Waals surface area contributed by atoms with Crippen LogP contribution in [0, 0.1) is 0 Å². The topological polar surface area (TPSA) is 108 Å². The third-order valence-electron chi connectivity index (χ3n) is 7.49. The summed E-state index contributed by atoms with van der Waals surface area (Å²) in [5.41, 5.74) is 3.30. The molecular formula is C31H40N2O6. The number of carbonyl (C=O) groups excluding carboxylic acids is 1. The van der Waals surface area contributed by atoms with Crippen LogP contribution in [0.4, 0.5) is 5.69 Å². The standard InChI is InChI=1S/C31H40N2O6/c1-2-17-33(26-9-3-4-10-26)20-27-19-28(23-15-13-22(21-34)14-16-23)39-31(38-27)24-7-5-8-25(18-24)32-29(35)11-6-12-30(36)37/h2,5,7-8,13-16,18,26-28,31,34H,1,3-4,6,9-12,17,19-21H2,(H,32,35)(H,36,37). The summed E-state index contributed by atoms with van der Waals surface area (Å²) in [5, 5.41) is 21.1. The summed E-state index contributed by atoms with van der Waals surface area (Å²) >= 11 is 0. The largest absolute Gasteiger partial charge is 0.481 e. The molecule has 0 aromatic heterocycles. The van der Waals surface area contributed by atoms with Crippen molar-refractivity contribution in [3.05, 3.63) is 77.9 Å². The van der Waals surface area contributed by atoms with Crippen molar-refractivity contribution < 1.29 is 29.3 Å². The SMILES string of the molecule is C=CCN(CC1CC(c2ccc(CO)cc2)OC(c2cccc(NC(=O)CCCC(=O)O)c2)O1)C1CCCC1. The number of nitrogens with one attached hydrogen (secondary N) is 1. The quantitative estimate of drug-likeness (QED) is 0.296. The molecule has 8 heteroatoms. The van der Waals surface area contributed by atoms with Crippen molar-refractivity contribution in [2.75, 3.05) is 18.4 Å². The molecule has 8 nitrogen and oxygen atoms in total. The molecule has 2 aromatic carbocycles. The first-order valence-corrected chi connectivity index (χ1v) is 13.9. The normalized spacial score (nSPS) is 21.6. The molecule has 2 aliphatic rings. The number of ether oxygens (including phenoxy) is 2. The fourth-order valence-electron chi connectivity index (χ4n) is 5.49. The molecule has 1 aliphatic carbocycles.